The maximum absolute atomic E-state index is 11.7. The zero-order valence-electron chi connectivity index (χ0n) is 7.94. The lowest BCUT2D eigenvalue weighted by atomic mass is 10.2. The molecular formula is C9H7IN4O2. The van der Waals surface area contributed by atoms with Gasteiger partial charge in [-0.1, -0.05) is 0 Å². The number of carbonyl (C=O) groups excluding carboxylic acids is 1. The number of hydrogen-bond acceptors (Lipinski definition) is 4. The number of anilines is 1. The Balaban J connectivity index is 2.18. The molecule has 0 unspecified atom stereocenters. The topological polar surface area (TPSA) is 90.9 Å². The standard InChI is InChI=1S/C9H7IN4O2/c10-6-2-1-5(3-7(6)15)8(16)13-9-11-4-12-14-9/h1-4,15H,(H2,11,12,13,14,16). The van der Waals surface area contributed by atoms with Crippen LogP contribution in [0.3, 0.4) is 0 Å². The van der Waals surface area contributed by atoms with Crippen LogP contribution in [0.2, 0.25) is 0 Å². The second kappa shape index (κ2) is 4.47. The molecule has 16 heavy (non-hydrogen) atoms. The van der Waals surface area contributed by atoms with Gasteiger partial charge in [0.1, 0.15) is 12.1 Å². The zero-order valence-corrected chi connectivity index (χ0v) is 10.1. The zero-order chi connectivity index (χ0) is 11.5. The van der Waals surface area contributed by atoms with Crippen molar-refractivity contribution in [1.82, 2.24) is 15.2 Å². The van der Waals surface area contributed by atoms with E-state index in [-0.39, 0.29) is 17.6 Å². The highest BCUT2D eigenvalue weighted by atomic mass is 127. The van der Waals surface area contributed by atoms with Crippen molar-refractivity contribution in [3.8, 4) is 5.75 Å². The van der Waals surface area contributed by atoms with Crippen LogP contribution in [0.5, 0.6) is 5.75 Å². The third-order valence-electron chi connectivity index (χ3n) is 1.86. The van der Waals surface area contributed by atoms with Gasteiger partial charge in [-0.05, 0) is 40.8 Å². The van der Waals surface area contributed by atoms with Crippen LogP contribution < -0.4 is 5.32 Å². The first kappa shape index (κ1) is 10.9. The van der Waals surface area contributed by atoms with Gasteiger partial charge in [-0.3, -0.25) is 10.1 Å². The van der Waals surface area contributed by atoms with Crippen molar-refractivity contribution in [2.24, 2.45) is 0 Å². The average molecular weight is 330 g/mol. The van der Waals surface area contributed by atoms with E-state index < -0.39 is 0 Å². The fourth-order valence-electron chi connectivity index (χ4n) is 1.10. The van der Waals surface area contributed by atoms with Gasteiger partial charge in [0.2, 0.25) is 5.95 Å². The van der Waals surface area contributed by atoms with Crippen LogP contribution in [0.1, 0.15) is 10.4 Å². The van der Waals surface area contributed by atoms with Crippen LogP contribution in [0, 0.1) is 3.57 Å². The van der Waals surface area contributed by atoms with E-state index in [0.29, 0.717) is 9.13 Å². The quantitative estimate of drug-likeness (QED) is 0.726. The molecule has 1 aromatic carbocycles. The van der Waals surface area contributed by atoms with Crippen LogP contribution in [-0.2, 0) is 0 Å². The Morgan fingerprint density at radius 3 is 2.94 bits per heavy atom. The largest absolute Gasteiger partial charge is 0.507 e. The minimum Gasteiger partial charge on any atom is -0.507 e. The molecule has 0 radical (unpaired) electrons. The van der Waals surface area contributed by atoms with Crippen molar-refractivity contribution < 1.29 is 9.90 Å². The Morgan fingerprint density at radius 2 is 2.31 bits per heavy atom. The molecule has 3 N–H and O–H groups in total. The third-order valence-corrected chi connectivity index (χ3v) is 2.77. The lowest BCUT2D eigenvalue weighted by Gasteiger charge is -2.03. The highest BCUT2D eigenvalue weighted by Gasteiger charge is 2.09. The summed E-state index contributed by atoms with van der Waals surface area (Å²) in [5.74, 6) is -0.0164. The van der Waals surface area contributed by atoms with Gasteiger partial charge in [-0.15, -0.1) is 0 Å². The fraction of sp³-hybridized carbons (Fsp3) is 0. The lowest BCUT2D eigenvalue weighted by molar-refractivity contribution is 0.102. The molecule has 0 saturated heterocycles. The summed E-state index contributed by atoms with van der Waals surface area (Å²) < 4.78 is 0.689. The van der Waals surface area contributed by atoms with Crippen molar-refractivity contribution in [2.45, 2.75) is 0 Å². The van der Waals surface area contributed by atoms with E-state index in [1.165, 1.54) is 12.4 Å². The summed E-state index contributed by atoms with van der Waals surface area (Å²) in [4.78, 5) is 15.4. The van der Waals surface area contributed by atoms with E-state index in [1.54, 1.807) is 12.1 Å². The van der Waals surface area contributed by atoms with E-state index in [1.807, 2.05) is 22.6 Å². The summed E-state index contributed by atoms with van der Waals surface area (Å²) in [6.45, 7) is 0. The number of halogens is 1. The van der Waals surface area contributed by atoms with Crippen LogP contribution in [0.15, 0.2) is 24.5 Å². The van der Waals surface area contributed by atoms with Gasteiger partial charge >= 0.3 is 0 Å². The maximum Gasteiger partial charge on any atom is 0.258 e. The van der Waals surface area contributed by atoms with Gasteiger partial charge in [-0.25, -0.2) is 5.10 Å². The van der Waals surface area contributed by atoms with Gasteiger partial charge in [0.05, 0.1) is 3.57 Å². The Morgan fingerprint density at radius 1 is 1.50 bits per heavy atom. The number of aromatic nitrogens is 3. The molecule has 7 heteroatoms. The van der Waals surface area contributed by atoms with Crippen LogP contribution in [0.4, 0.5) is 5.95 Å². The minimum atomic E-state index is -0.358. The molecule has 0 aliphatic rings. The van der Waals surface area contributed by atoms with Gasteiger partial charge in [0, 0.05) is 5.56 Å². The van der Waals surface area contributed by atoms with Crippen molar-refractivity contribution >= 4 is 34.4 Å². The number of hydrogen-bond donors (Lipinski definition) is 3. The second-order valence-corrected chi connectivity index (χ2v) is 4.12. The smallest absolute Gasteiger partial charge is 0.258 e. The lowest BCUT2D eigenvalue weighted by Crippen LogP contribution is -2.12. The van der Waals surface area contributed by atoms with Gasteiger partial charge in [-0.2, -0.15) is 10.1 Å². The molecule has 0 aliphatic heterocycles. The molecule has 0 bridgehead atoms. The first-order valence-electron chi connectivity index (χ1n) is 4.32. The number of phenolic OH excluding ortho intramolecular Hbond substituents is 1. The number of H-pyrrole nitrogens is 1. The van der Waals surface area contributed by atoms with Crippen LogP contribution in [0.25, 0.3) is 0 Å². The predicted molar refractivity (Wildman–Crippen MR) is 65.2 cm³/mol. The highest BCUT2D eigenvalue weighted by Crippen LogP contribution is 2.20. The summed E-state index contributed by atoms with van der Waals surface area (Å²) in [6.07, 6.45) is 1.29. The van der Waals surface area contributed by atoms with E-state index in [2.05, 4.69) is 20.5 Å². The molecule has 0 atom stereocenters. The second-order valence-electron chi connectivity index (χ2n) is 2.95. The van der Waals surface area contributed by atoms with E-state index in [9.17, 15) is 9.90 Å². The molecular weight excluding hydrogens is 323 g/mol. The molecule has 82 valence electrons. The number of aromatic hydroxyl groups is 1. The maximum atomic E-state index is 11.7. The van der Waals surface area contributed by atoms with Crippen LogP contribution in [-0.4, -0.2) is 26.2 Å². The molecule has 1 aromatic heterocycles. The molecule has 2 aromatic rings. The van der Waals surface area contributed by atoms with E-state index in [4.69, 9.17) is 0 Å². The number of nitrogens with zero attached hydrogens (tertiary/aromatic N) is 2. The van der Waals surface area contributed by atoms with Crippen molar-refractivity contribution in [3.63, 3.8) is 0 Å². The molecule has 1 amide bonds. The molecule has 6 nitrogen and oxygen atoms in total. The number of amides is 1. The summed E-state index contributed by atoms with van der Waals surface area (Å²) >= 11 is 1.98. The van der Waals surface area contributed by atoms with Crippen molar-refractivity contribution in [1.29, 1.82) is 0 Å². The average Bonchev–Trinajstić information content (AvgIpc) is 2.74. The minimum absolute atomic E-state index is 0.0748. The first-order chi connectivity index (χ1) is 7.66. The van der Waals surface area contributed by atoms with Gasteiger partial charge < -0.3 is 5.11 Å². The predicted octanol–water partition coefficient (Wildman–Crippen LogP) is 1.37. The number of rotatable bonds is 2. The Labute approximate surface area is 104 Å². The summed E-state index contributed by atoms with van der Waals surface area (Å²) in [6, 6.07) is 4.67. The Kier molecular flexibility index (Phi) is 3.04. The third kappa shape index (κ3) is 2.30. The fourth-order valence-corrected chi connectivity index (χ4v) is 1.43. The number of phenols is 1. The normalized spacial score (nSPS) is 10.1. The van der Waals surface area contributed by atoms with Crippen molar-refractivity contribution in [2.75, 3.05) is 5.32 Å². The van der Waals surface area contributed by atoms with Crippen molar-refractivity contribution in [3.05, 3.63) is 33.7 Å². The summed E-state index contributed by atoms with van der Waals surface area (Å²) in [5.41, 5.74) is 0.356. The SMILES string of the molecule is O=C(Nc1ncn[nH]1)c1ccc(I)c(O)c1. The molecule has 2 rings (SSSR count). The first-order valence-corrected chi connectivity index (χ1v) is 5.40. The van der Waals surface area contributed by atoms with Gasteiger partial charge in [0.25, 0.3) is 5.91 Å². The molecule has 0 saturated carbocycles. The summed E-state index contributed by atoms with van der Waals surface area (Å²) in [7, 11) is 0. The number of aromatic amines is 1. The highest BCUT2D eigenvalue weighted by molar-refractivity contribution is 14.1. The number of benzene rings is 1. The van der Waals surface area contributed by atoms with Gasteiger partial charge in [0.15, 0.2) is 0 Å². The molecule has 1 heterocycles. The number of carbonyl (C=O) groups is 1. The molecule has 0 spiro atoms. The monoisotopic (exact) mass is 330 g/mol. The Bertz CT molecular complexity index is 512. The van der Waals surface area contributed by atoms with Crippen LogP contribution >= 0.6 is 22.6 Å². The molecule has 0 aliphatic carbocycles. The molecule has 0 fully saturated rings. The van der Waals surface area contributed by atoms with E-state index in [0.717, 1.165) is 0 Å². The summed E-state index contributed by atoms with van der Waals surface area (Å²) in [5, 5.41) is 18.1. The number of nitrogens with one attached hydrogen (secondary N) is 2. The Hall–Kier alpha value is -1.64. The van der Waals surface area contributed by atoms with E-state index >= 15 is 0 Å².